The molecule has 0 spiro atoms. The van der Waals surface area contributed by atoms with Gasteiger partial charge in [0.05, 0.1) is 0 Å². The summed E-state index contributed by atoms with van der Waals surface area (Å²) in [6.45, 7) is 2.08. The fourth-order valence-corrected chi connectivity index (χ4v) is 3.63. The Labute approximate surface area is 169 Å². The highest BCUT2D eigenvalue weighted by Crippen LogP contribution is 2.19. The molecule has 1 saturated heterocycles. The topological polar surface area (TPSA) is 75.4 Å². The zero-order chi connectivity index (χ0) is 20.1. The summed E-state index contributed by atoms with van der Waals surface area (Å²) in [5.41, 5.74) is 3.19. The van der Waals surface area contributed by atoms with Gasteiger partial charge in [0.25, 0.3) is 5.91 Å². The minimum absolute atomic E-state index is 0.137. The van der Waals surface area contributed by atoms with Crippen molar-refractivity contribution < 1.29 is 14.0 Å². The molecule has 0 aliphatic carbocycles. The SMILES string of the molecule is O=C(NCCCN1CCCC1=O)c1ccc2nc(CCc3ccccc3)oc2c1. The molecule has 0 bridgehead atoms. The monoisotopic (exact) mass is 391 g/mol. The maximum atomic E-state index is 12.4. The second-order valence-electron chi connectivity index (χ2n) is 7.37. The average molecular weight is 391 g/mol. The molecule has 6 heteroatoms. The molecular weight excluding hydrogens is 366 g/mol. The molecule has 29 heavy (non-hydrogen) atoms. The van der Waals surface area contributed by atoms with E-state index in [1.54, 1.807) is 12.1 Å². The largest absolute Gasteiger partial charge is 0.441 e. The van der Waals surface area contributed by atoms with Crippen LogP contribution in [-0.2, 0) is 17.6 Å². The van der Waals surface area contributed by atoms with Crippen LogP contribution in [-0.4, -0.2) is 41.3 Å². The van der Waals surface area contributed by atoms with Gasteiger partial charge in [0.2, 0.25) is 5.91 Å². The van der Waals surface area contributed by atoms with E-state index in [4.69, 9.17) is 4.42 Å². The number of fused-ring (bicyclic) bond motifs is 1. The van der Waals surface area contributed by atoms with E-state index >= 15 is 0 Å². The summed E-state index contributed by atoms with van der Waals surface area (Å²) in [5, 5.41) is 2.92. The predicted molar refractivity (Wildman–Crippen MR) is 111 cm³/mol. The molecule has 1 aliphatic rings. The Morgan fingerprint density at radius 1 is 1.14 bits per heavy atom. The predicted octanol–water partition coefficient (Wildman–Crippen LogP) is 3.36. The molecule has 0 radical (unpaired) electrons. The molecule has 1 aliphatic heterocycles. The van der Waals surface area contributed by atoms with Crippen LogP contribution in [0.25, 0.3) is 11.1 Å². The molecule has 0 saturated carbocycles. The second kappa shape index (κ2) is 8.90. The summed E-state index contributed by atoms with van der Waals surface area (Å²) in [5.74, 6) is 0.758. The van der Waals surface area contributed by atoms with Crippen molar-refractivity contribution in [2.45, 2.75) is 32.1 Å². The Kier molecular flexibility index (Phi) is 5.89. The minimum atomic E-state index is -0.137. The second-order valence-corrected chi connectivity index (χ2v) is 7.37. The Morgan fingerprint density at radius 2 is 2.00 bits per heavy atom. The number of nitrogens with one attached hydrogen (secondary N) is 1. The van der Waals surface area contributed by atoms with Crippen LogP contribution in [0.5, 0.6) is 0 Å². The minimum Gasteiger partial charge on any atom is -0.441 e. The first-order valence-corrected chi connectivity index (χ1v) is 10.2. The van der Waals surface area contributed by atoms with Gasteiger partial charge in [-0.3, -0.25) is 9.59 Å². The third-order valence-corrected chi connectivity index (χ3v) is 5.23. The lowest BCUT2D eigenvalue weighted by atomic mass is 10.1. The summed E-state index contributed by atoms with van der Waals surface area (Å²) < 4.78 is 5.85. The standard InChI is InChI=1S/C23H25N3O3/c27-22-8-4-14-26(22)15-5-13-24-23(28)18-10-11-19-20(16-18)29-21(25-19)12-9-17-6-2-1-3-7-17/h1-3,6-7,10-11,16H,4-5,8-9,12-15H2,(H,24,28). The Hall–Kier alpha value is -3.15. The lowest BCUT2D eigenvalue weighted by molar-refractivity contribution is -0.127. The lowest BCUT2D eigenvalue weighted by Gasteiger charge is -2.15. The summed E-state index contributed by atoms with van der Waals surface area (Å²) in [6.07, 6.45) is 3.92. The van der Waals surface area contributed by atoms with Gasteiger partial charge in [0, 0.05) is 38.0 Å². The highest BCUT2D eigenvalue weighted by Gasteiger charge is 2.19. The van der Waals surface area contributed by atoms with Gasteiger partial charge in [-0.05, 0) is 43.0 Å². The molecule has 0 atom stereocenters. The van der Waals surface area contributed by atoms with E-state index in [-0.39, 0.29) is 11.8 Å². The molecule has 3 aromatic rings. The number of carbonyl (C=O) groups excluding carboxylic acids is 2. The van der Waals surface area contributed by atoms with Gasteiger partial charge >= 0.3 is 0 Å². The van der Waals surface area contributed by atoms with Gasteiger partial charge in [-0.25, -0.2) is 4.98 Å². The molecule has 150 valence electrons. The number of oxazole rings is 1. The smallest absolute Gasteiger partial charge is 0.251 e. The number of hydrogen-bond acceptors (Lipinski definition) is 4. The summed E-state index contributed by atoms with van der Waals surface area (Å²) >= 11 is 0. The molecule has 4 rings (SSSR count). The summed E-state index contributed by atoms with van der Waals surface area (Å²) in [6, 6.07) is 15.6. The van der Waals surface area contributed by atoms with Gasteiger partial charge in [0.1, 0.15) is 5.52 Å². The molecular formula is C23H25N3O3. The number of amides is 2. The highest BCUT2D eigenvalue weighted by molar-refractivity contribution is 5.97. The first-order valence-electron chi connectivity index (χ1n) is 10.2. The van der Waals surface area contributed by atoms with Gasteiger partial charge in [-0.1, -0.05) is 30.3 Å². The quantitative estimate of drug-likeness (QED) is 0.598. The maximum Gasteiger partial charge on any atom is 0.251 e. The average Bonchev–Trinajstić information content (AvgIpc) is 3.35. The zero-order valence-corrected chi connectivity index (χ0v) is 16.4. The number of aromatic nitrogens is 1. The lowest BCUT2D eigenvalue weighted by Crippen LogP contribution is -2.30. The van der Waals surface area contributed by atoms with E-state index in [0.29, 0.717) is 36.5 Å². The number of rotatable bonds is 8. The van der Waals surface area contributed by atoms with Crippen LogP contribution in [0.1, 0.15) is 41.1 Å². The van der Waals surface area contributed by atoms with E-state index in [1.807, 2.05) is 29.2 Å². The van der Waals surface area contributed by atoms with Crippen molar-refractivity contribution in [2.24, 2.45) is 0 Å². The van der Waals surface area contributed by atoms with Crippen LogP contribution in [0.15, 0.2) is 52.9 Å². The van der Waals surface area contributed by atoms with Crippen LogP contribution >= 0.6 is 0 Å². The summed E-state index contributed by atoms with van der Waals surface area (Å²) in [7, 11) is 0. The molecule has 0 unspecified atom stereocenters. The van der Waals surface area contributed by atoms with Crippen molar-refractivity contribution >= 4 is 22.9 Å². The first-order chi connectivity index (χ1) is 14.2. The third-order valence-electron chi connectivity index (χ3n) is 5.23. The van der Waals surface area contributed by atoms with Gasteiger partial charge in [-0.15, -0.1) is 0 Å². The number of nitrogens with zero attached hydrogens (tertiary/aromatic N) is 2. The number of aryl methyl sites for hydroxylation is 2. The third kappa shape index (κ3) is 4.83. The molecule has 2 heterocycles. The number of likely N-dealkylation sites (tertiary alicyclic amines) is 1. The van der Waals surface area contributed by atoms with Crippen LogP contribution in [0.3, 0.4) is 0 Å². The fraction of sp³-hybridized carbons (Fsp3) is 0.348. The number of carbonyl (C=O) groups is 2. The van der Waals surface area contributed by atoms with E-state index in [9.17, 15) is 9.59 Å². The van der Waals surface area contributed by atoms with Crippen LogP contribution in [0.4, 0.5) is 0 Å². The van der Waals surface area contributed by atoms with Crippen molar-refractivity contribution in [3.63, 3.8) is 0 Å². The van der Waals surface area contributed by atoms with Crippen molar-refractivity contribution in [2.75, 3.05) is 19.6 Å². The van der Waals surface area contributed by atoms with Gasteiger partial charge in [0.15, 0.2) is 11.5 Å². The van der Waals surface area contributed by atoms with Crippen LogP contribution in [0, 0.1) is 0 Å². The molecule has 6 nitrogen and oxygen atoms in total. The van der Waals surface area contributed by atoms with E-state index in [0.717, 1.165) is 37.7 Å². The van der Waals surface area contributed by atoms with Crippen LogP contribution in [0.2, 0.25) is 0 Å². The number of hydrogen-bond donors (Lipinski definition) is 1. The molecule has 2 aromatic carbocycles. The molecule has 2 amide bonds. The Bertz CT molecular complexity index is 997. The van der Waals surface area contributed by atoms with E-state index in [1.165, 1.54) is 5.56 Å². The van der Waals surface area contributed by atoms with Crippen molar-refractivity contribution in [3.8, 4) is 0 Å². The van der Waals surface area contributed by atoms with E-state index < -0.39 is 0 Å². The van der Waals surface area contributed by atoms with Crippen molar-refractivity contribution in [1.29, 1.82) is 0 Å². The van der Waals surface area contributed by atoms with Gasteiger partial charge in [-0.2, -0.15) is 0 Å². The van der Waals surface area contributed by atoms with E-state index in [2.05, 4.69) is 22.4 Å². The first kappa shape index (κ1) is 19.2. The Morgan fingerprint density at radius 3 is 2.79 bits per heavy atom. The van der Waals surface area contributed by atoms with Gasteiger partial charge < -0.3 is 14.6 Å². The molecule has 1 fully saturated rings. The fourth-order valence-electron chi connectivity index (χ4n) is 3.63. The normalized spacial score (nSPS) is 13.9. The van der Waals surface area contributed by atoms with Crippen molar-refractivity contribution in [3.05, 3.63) is 65.5 Å². The maximum absolute atomic E-state index is 12.4. The summed E-state index contributed by atoms with van der Waals surface area (Å²) in [4.78, 5) is 30.4. The molecule has 1 aromatic heterocycles. The van der Waals surface area contributed by atoms with Crippen molar-refractivity contribution in [1.82, 2.24) is 15.2 Å². The van der Waals surface area contributed by atoms with Crippen LogP contribution < -0.4 is 5.32 Å². The zero-order valence-electron chi connectivity index (χ0n) is 16.4. The Balaban J connectivity index is 1.30. The highest BCUT2D eigenvalue weighted by atomic mass is 16.3. The number of benzene rings is 2. The molecule has 1 N–H and O–H groups in total.